The standard InChI is InChI=1S/C24H28N8O3/c1-16(35-3)23-25-20-13-17(24(33)34)7-8-21(20)32(23)19-6-4-5-18(14-19)31-11-9-30(10-12-31)15-22-26-27-28-29(22)2/h4-8,13-14,16H,9-12,15H2,1-3H3,(H,33,34). The lowest BCUT2D eigenvalue weighted by atomic mass is 10.2. The number of fused-ring (bicyclic) bond motifs is 1. The number of methoxy groups -OCH3 is 1. The number of nitrogens with zero attached hydrogens (tertiary/aromatic N) is 8. The molecule has 1 atom stereocenters. The summed E-state index contributed by atoms with van der Waals surface area (Å²) in [5, 5.41) is 21.1. The van der Waals surface area contributed by atoms with Gasteiger partial charge < -0.3 is 14.7 Å². The molecule has 1 unspecified atom stereocenters. The molecule has 1 saturated heterocycles. The quantitative estimate of drug-likeness (QED) is 0.429. The second-order valence-electron chi connectivity index (χ2n) is 8.69. The minimum atomic E-state index is -0.973. The van der Waals surface area contributed by atoms with Gasteiger partial charge in [-0.25, -0.2) is 14.5 Å². The highest BCUT2D eigenvalue weighted by Crippen LogP contribution is 2.29. The average molecular weight is 477 g/mol. The van der Waals surface area contributed by atoms with Crippen LogP contribution in [0.2, 0.25) is 0 Å². The maximum Gasteiger partial charge on any atom is 0.335 e. The summed E-state index contributed by atoms with van der Waals surface area (Å²) in [5.41, 5.74) is 3.76. The van der Waals surface area contributed by atoms with Crippen LogP contribution in [0.4, 0.5) is 5.69 Å². The lowest BCUT2D eigenvalue weighted by Crippen LogP contribution is -2.46. The molecule has 1 aliphatic rings. The van der Waals surface area contributed by atoms with Gasteiger partial charge >= 0.3 is 5.97 Å². The van der Waals surface area contributed by atoms with Gasteiger partial charge in [-0.3, -0.25) is 9.47 Å². The number of piperazine rings is 1. The molecular formula is C24H28N8O3. The van der Waals surface area contributed by atoms with Gasteiger partial charge in [-0.1, -0.05) is 6.07 Å². The predicted octanol–water partition coefficient (Wildman–Crippen LogP) is 2.28. The Balaban J connectivity index is 1.42. The maximum absolute atomic E-state index is 11.5. The molecule has 5 rings (SSSR count). The van der Waals surface area contributed by atoms with Crippen LogP contribution in [0.25, 0.3) is 16.7 Å². The van der Waals surface area contributed by atoms with Crippen LogP contribution in [0.3, 0.4) is 0 Å². The van der Waals surface area contributed by atoms with E-state index in [-0.39, 0.29) is 11.7 Å². The molecule has 3 heterocycles. The first-order valence-corrected chi connectivity index (χ1v) is 11.5. The van der Waals surface area contributed by atoms with Gasteiger partial charge in [0.15, 0.2) is 5.82 Å². The number of tetrazole rings is 1. The summed E-state index contributed by atoms with van der Waals surface area (Å²) in [6.07, 6.45) is -0.266. The number of aryl methyl sites for hydroxylation is 1. The number of benzene rings is 2. The third kappa shape index (κ3) is 4.47. The minimum Gasteiger partial charge on any atom is -0.478 e. The minimum absolute atomic E-state index is 0.211. The molecule has 0 amide bonds. The normalized spacial score (nSPS) is 15.6. The Hall–Kier alpha value is -3.83. The summed E-state index contributed by atoms with van der Waals surface area (Å²) >= 11 is 0. The molecular weight excluding hydrogens is 448 g/mol. The molecule has 1 aliphatic heterocycles. The summed E-state index contributed by atoms with van der Waals surface area (Å²) in [5.74, 6) is 0.613. The van der Waals surface area contributed by atoms with Gasteiger partial charge in [-0.05, 0) is 53.7 Å². The number of carboxylic acids is 1. The van der Waals surface area contributed by atoms with Gasteiger partial charge in [-0.2, -0.15) is 0 Å². The number of rotatable bonds is 7. The lowest BCUT2D eigenvalue weighted by molar-refractivity contribution is 0.0697. The van der Waals surface area contributed by atoms with Gasteiger partial charge in [0.1, 0.15) is 11.9 Å². The van der Waals surface area contributed by atoms with Gasteiger partial charge in [0, 0.05) is 51.7 Å². The number of carbonyl (C=O) groups is 1. The first-order valence-electron chi connectivity index (χ1n) is 11.5. The van der Waals surface area contributed by atoms with Gasteiger partial charge in [0.05, 0.1) is 23.1 Å². The van der Waals surface area contributed by atoms with E-state index in [1.807, 2.05) is 32.2 Å². The van der Waals surface area contributed by atoms with E-state index in [0.29, 0.717) is 5.52 Å². The molecule has 2 aromatic carbocycles. The number of carboxylic acid groups (broad SMARTS) is 1. The van der Waals surface area contributed by atoms with E-state index in [1.54, 1.807) is 23.9 Å². The summed E-state index contributed by atoms with van der Waals surface area (Å²) < 4.78 is 9.35. The SMILES string of the molecule is COC(C)c1nc2cc(C(=O)O)ccc2n1-c1cccc(N2CCN(Cc3nnnn3C)CC2)c1. The van der Waals surface area contributed by atoms with Crippen LogP contribution in [-0.4, -0.2) is 79.0 Å². The first kappa shape index (κ1) is 22.9. The van der Waals surface area contributed by atoms with Crippen molar-refractivity contribution in [3.63, 3.8) is 0 Å². The molecule has 4 aromatic rings. The Bertz CT molecular complexity index is 1360. The highest BCUT2D eigenvalue weighted by atomic mass is 16.5. The molecule has 2 aromatic heterocycles. The Morgan fingerprint density at radius 2 is 1.89 bits per heavy atom. The maximum atomic E-state index is 11.5. The van der Waals surface area contributed by atoms with Crippen molar-refractivity contribution in [2.24, 2.45) is 7.05 Å². The van der Waals surface area contributed by atoms with E-state index < -0.39 is 5.97 Å². The average Bonchev–Trinajstić information content (AvgIpc) is 3.46. The van der Waals surface area contributed by atoms with Crippen molar-refractivity contribution in [2.75, 3.05) is 38.2 Å². The molecule has 0 aliphatic carbocycles. The Labute approximate surface area is 202 Å². The van der Waals surface area contributed by atoms with Crippen molar-refractivity contribution in [3.05, 3.63) is 59.7 Å². The van der Waals surface area contributed by atoms with Crippen molar-refractivity contribution >= 4 is 22.7 Å². The number of ether oxygens (including phenoxy) is 1. The molecule has 35 heavy (non-hydrogen) atoms. The van der Waals surface area contributed by atoms with Crippen LogP contribution < -0.4 is 4.90 Å². The van der Waals surface area contributed by atoms with Crippen molar-refractivity contribution in [2.45, 2.75) is 19.6 Å². The molecule has 0 bridgehead atoms. The largest absolute Gasteiger partial charge is 0.478 e. The first-order chi connectivity index (χ1) is 16.9. The van der Waals surface area contributed by atoms with Crippen molar-refractivity contribution in [1.82, 2.24) is 34.7 Å². The molecule has 1 N–H and O–H groups in total. The zero-order valence-electron chi connectivity index (χ0n) is 20.0. The van der Waals surface area contributed by atoms with E-state index >= 15 is 0 Å². The highest BCUT2D eigenvalue weighted by molar-refractivity contribution is 5.93. The Kier molecular flexibility index (Phi) is 6.18. The van der Waals surface area contributed by atoms with Crippen molar-refractivity contribution in [1.29, 1.82) is 0 Å². The second kappa shape index (κ2) is 9.43. The highest BCUT2D eigenvalue weighted by Gasteiger charge is 2.22. The fraction of sp³-hybridized carbons (Fsp3) is 0.375. The van der Waals surface area contributed by atoms with Crippen molar-refractivity contribution < 1.29 is 14.6 Å². The summed E-state index contributed by atoms with van der Waals surface area (Å²) in [6, 6.07) is 13.4. The summed E-state index contributed by atoms with van der Waals surface area (Å²) in [6.45, 7) is 6.27. The number of imidazole rings is 1. The molecule has 0 spiro atoms. The molecule has 11 nitrogen and oxygen atoms in total. The zero-order valence-corrected chi connectivity index (χ0v) is 20.0. The molecule has 0 saturated carbocycles. The van der Waals surface area contributed by atoms with Crippen LogP contribution >= 0.6 is 0 Å². The molecule has 182 valence electrons. The molecule has 0 radical (unpaired) electrons. The predicted molar refractivity (Wildman–Crippen MR) is 130 cm³/mol. The third-order valence-electron chi connectivity index (χ3n) is 6.54. The third-order valence-corrected chi connectivity index (χ3v) is 6.54. The van der Waals surface area contributed by atoms with Crippen LogP contribution in [0.15, 0.2) is 42.5 Å². The van der Waals surface area contributed by atoms with Gasteiger partial charge in [0.2, 0.25) is 0 Å². The van der Waals surface area contributed by atoms with Gasteiger partial charge in [0.25, 0.3) is 0 Å². The fourth-order valence-corrected chi connectivity index (χ4v) is 4.46. The van der Waals surface area contributed by atoms with E-state index in [4.69, 9.17) is 9.72 Å². The Morgan fingerprint density at radius 1 is 1.11 bits per heavy atom. The number of hydrogen-bond donors (Lipinski definition) is 1. The fourth-order valence-electron chi connectivity index (χ4n) is 4.46. The zero-order chi connectivity index (χ0) is 24.5. The second-order valence-corrected chi connectivity index (χ2v) is 8.69. The van der Waals surface area contributed by atoms with Gasteiger partial charge in [-0.15, -0.1) is 5.10 Å². The van der Waals surface area contributed by atoms with Crippen LogP contribution in [0.5, 0.6) is 0 Å². The summed E-state index contributed by atoms with van der Waals surface area (Å²) in [4.78, 5) is 20.9. The van der Waals surface area contributed by atoms with Crippen LogP contribution in [0.1, 0.15) is 35.0 Å². The van der Waals surface area contributed by atoms with E-state index in [1.165, 1.54) is 0 Å². The smallest absolute Gasteiger partial charge is 0.335 e. The van der Waals surface area contributed by atoms with Crippen molar-refractivity contribution in [3.8, 4) is 5.69 Å². The number of hydrogen-bond acceptors (Lipinski definition) is 8. The Morgan fingerprint density at radius 3 is 2.57 bits per heavy atom. The van der Waals surface area contributed by atoms with E-state index in [0.717, 1.165) is 61.3 Å². The van der Waals surface area contributed by atoms with Crippen LogP contribution in [0, 0.1) is 0 Å². The topological polar surface area (TPSA) is 114 Å². The van der Waals surface area contributed by atoms with E-state index in [2.05, 4.69) is 42.0 Å². The number of aromatic carboxylic acids is 1. The molecule has 1 fully saturated rings. The van der Waals surface area contributed by atoms with E-state index in [9.17, 15) is 9.90 Å². The monoisotopic (exact) mass is 476 g/mol. The number of aromatic nitrogens is 6. The number of anilines is 1. The molecule has 11 heteroatoms. The van der Waals surface area contributed by atoms with Crippen LogP contribution in [-0.2, 0) is 18.3 Å². The summed E-state index contributed by atoms with van der Waals surface area (Å²) in [7, 11) is 3.50. The lowest BCUT2D eigenvalue weighted by Gasteiger charge is -2.36.